The second-order valence-electron chi connectivity index (χ2n) is 17.7. The topological polar surface area (TPSA) is 185 Å². The van der Waals surface area contributed by atoms with Crippen LogP contribution >= 0.6 is 0 Å². The van der Waals surface area contributed by atoms with Gasteiger partial charge < -0.3 is 10.4 Å². The normalized spacial score (nSPS) is 16.4. The van der Waals surface area contributed by atoms with Crippen LogP contribution in [-0.2, 0) is 25.6 Å². The fourth-order valence-corrected chi connectivity index (χ4v) is 8.89. The summed E-state index contributed by atoms with van der Waals surface area (Å²) < 4.78 is 32.2. The summed E-state index contributed by atoms with van der Waals surface area (Å²) in [6.45, 7) is 21.1. The van der Waals surface area contributed by atoms with Gasteiger partial charge in [0.15, 0.2) is 22.9 Å². The lowest BCUT2D eigenvalue weighted by Crippen LogP contribution is -2.32. The Morgan fingerprint density at radius 2 is 1.30 bits per heavy atom. The highest BCUT2D eigenvalue weighted by Crippen LogP contribution is 2.43. The number of aromatic amines is 1. The molecule has 0 aliphatic heterocycles. The lowest BCUT2D eigenvalue weighted by atomic mass is 9.77. The van der Waals surface area contributed by atoms with Crippen LogP contribution in [0.2, 0.25) is 0 Å². The number of carbonyl (C=O) groups is 1. The van der Waals surface area contributed by atoms with Crippen LogP contribution in [0, 0.1) is 0 Å². The minimum absolute atomic E-state index is 0.0329. The number of sulfonamides is 1. The van der Waals surface area contributed by atoms with Gasteiger partial charge in [0.25, 0.3) is 0 Å². The molecular formula is C41H66N10O4S. The van der Waals surface area contributed by atoms with E-state index in [1.807, 2.05) is 48.5 Å². The number of unbranched alkanes of at least 4 members (excludes halogenated alkanes) is 11. The van der Waals surface area contributed by atoms with Crippen molar-refractivity contribution in [2.45, 2.75) is 176 Å². The maximum Gasteiger partial charge on any atom is 0.212 e. The van der Waals surface area contributed by atoms with E-state index in [-0.39, 0.29) is 34.5 Å². The lowest BCUT2D eigenvalue weighted by molar-refractivity contribution is -0.109. The molecule has 56 heavy (non-hydrogen) atoms. The quantitative estimate of drug-likeness (QED) is 0.0627. The van der Waals surface area contributed by atoms with Gasteiger partial charge in [-0.1, -0.05) is 126 Å². The molecule has 2 atom stereocenters. The number of carbonyl (C=O) groups excluding carboxylic acids is 1. The molecule has 0 fully saturated rings. The highest BCUT2D eigenvalue weighted by atomic mass is 32.2. The highest BCUT2D eigenvalue weighted by molar-refractivity contribution is 7.89. The van der Waals surface area contributed by atoms with E-state index in [0.717, 1.165) is 45.1 Å². The van der Waals surface area contributed by atoms with Crippen molar-refractivity contribution >= 4 is 38.2 Å². The minimum Gasteiger partial charge on any atom is -0.506 e. The van der Waals surface area contributed by atoms with Gasteiger partial charge in [0.05, 0.1) is 45.5 Å². The molecule has 0 radical (unpaired) electrons. The number of ketones is 1. The SMILES string of the molecule is CCCCCCCCCNC(C)c1nnc2c(=C3C(=O)C(c4c(C(C)(C)C)[nH]n5c(C(C)NS(=O)(=O)CCCCCCCC)nnc45)=C3O)c(C(C)(C)C)nn12. The fraction of sp³-hybridized carbons (Fsp3) is 0.707. The summed E-state index contributed by atoms with van der Waals surface area (Å²) in [6, 6.07) is -0.835. The zero-order chi connectivity index (χ0) is 41.0. The number of H-pyrrole nitrogens is 1. The molecule has 0 amide bonds. The van der Waals surface area contributed by atoms with Crippen molar-refractivity contribution in [2.24, 2.45) is 0 Å². The van der Waals surface area contributed by atoms with Crippen molar-refractivity contribution in [1.29, 1.82) is 0 Å². The van der Waals surface area contributed by atoms with Crippen LogP contribution in [0.15, 0.2) is 5.76 Å². The molecule has 2 unspecified atom stereocenters. The van der Waals surface area contributed by atoms with E-state index in [4.69, 9.17) is 5.10 Å². The van der Waals surface area contributed by atoms with Crippen molar-refractivity contribution in [3.05, 3.63) is 39.6 Å². The molecule has 0 saturated carbocycles. The smallest absolute Gasteiger partial charge is 0.212 e. The Bertz CT molecular complexity index is 2180. The number of aromatic nitrogens is 8. The molecule has 0 bridgehead atoms. The number of allylic oxidation sites excluding steroid dienone is 2. The van der Waals surface area contributed by atoms with Crippen molar-refractivity contribution < 1.29 is 18.3 Å². The summed E-state index contributed by atoms with van der Waals surface area (Å²) in [7, 11) is -3.58. The van der Waals surface area contributed by atoms with Gasteiger partial charge in [0, 0.05) is 16.5 Å². The predicted octanol–water partition coefficient (Wildman–Crippen LogP) is 7.25. The van der Waals surface area contributed by atoms with Crippen LogP contribution in [0.5, 0.6) is 0 Å². The Balaban J connectivity index is 1.47. The van der Waals surface area contributed by atoms with Crippen LogP contribution in [0.3, 0.4) is 0 Å². The number of fused-ring (bicyclic) bond motifs is 2. The molecule has 15 heteroatoms. The van der Waals surface area contributed by atoms with Gasteiger partial charge in [0.1, 0.15) is 5.76 Å². The summed E-state index contributed by atoms with van der Waals surface area (Å²) in [5.41, 5.74) is 1.75. The van der Waals surface area contributed by atoms with Crippen molar-refractivity contribution in [1.82, 2.24) is 49.7 Å². The Hall–Kier alpha value is -3.69. The van der Waals surface area contributed by atoms with Gasteiger partial charge in [0.2, 0.25) is 15.8 Å². The van der Waals surface area contributed by atoms with E-state index in [2.05, 4.69) is 49.4 Å². The Morgan fingerprint density at radius 1 is 0.732 bits per heavy atom. The van der Waals surface area contributed by atoms with Gasteiger partial charge in [-0.05, 0) is 33.2 Å². The first-order valence-corrected chi connectivity index (χ1v) is 22.6. The summed E-state index contributed by atoms with van der Waals surface area (Å²) in [5, 5.41) is 42.1. The minimum atomic E-state index is -3.58. The first-order valence-electron chi connectivity index (χ1n) is 20.9. The third kappa shape index (κ3) is 9.36. The van der Waals surface area contributed by atoms with Gasteiger partial charge in [-0.2, -0.15) is 9.61 Å². The maximum atomic E-state index is 14.4. The first-order chi connectivity index (χ1) is 26.4. The zero-order valence-corrected chi connectivity index (χ0v) is 36.3. The third-order valence-electron chi connectivity index (χ3n) is 10.7. The lowest BCUT2D eigenvalue weighted by Gasteiger charge is -2.25. The molecular weight excluding hydrogens is 729 g/mol. The van der Waals surface area contributed by atoms with Gasteiger partial charge in [-0.3, -0.25) is 9.89 Å². The molecule has 4 heterocycles. The number of hydrogen-bond acceptors (Lipinski definition) is 10. The molecule has 0 aromatic carbocycles. The molecule has 4 aromatic rings. The molecule has 0 spiro atoms. The summed E-state index contributed by atoms with van der Waals surface area (Å²) >= 11 is 0. The molecule has 4 N–H and O–H groups in total. The van der Waals surface area contributed by atoms with E-state index in [9.17, 15) is 18.3 Å². The number of aliphatic hydroxyl groups is 1. The fourth-order valence-electron chi connectivity index (χ4n) is 7.55. The predicted molar refractivity (Wildman–Crippen MR) is 222 cm³/mol. The van der Waals surface area contributed by atoms with E-state index in [0.29, 0.717) is 51.5 Å². The number of nitrogens with zero attached hydrogens (tertiary/aromatic N) is 7. The summed E-state index contributed by atoms with van der Waals surface area (Å²) in [6.07, 6.45) is 14.5. The average Bonchev–Trinajstić information content (AvgIpc) is 3.89. The van der Waals surface area contributed by atoms with Crippen molar-refractivity contribution in [3.8, 4) is 0 Å². The van der Waals surface area contributed by atoms with Gasteiger partial charge in [-0.15, -0.1) is 20.4 Å². The van der Waals surface area contributed by atoms with Crippen LogP contribution in [0.1, 0.15) is 193 Å². The van der Waals surface area contributed by atoms with Crippen LogP contribution in [0.4, 0.5) is 0 Å². The number of Topliss-reactive ketones (excluding diaryl/α,β-unsaturated/α-hetero) is 1. The highest BCUT2D eigenvalue weighted by Gasteiger charge is 2.43. The molecule has 5 rings (SSSR count). The van der Waals surface area contributed by atoms with Crippen molar-refractivity contribution in [3.63, 3.8) is 0 Å². The maximum absolute atomic E-state index is 14.4. The van der Waals surface area contributed by atoms with Crippen molar-refractivity contribution in [2.75, 3.05) is 12.3 Å². The molecule has 310 valence electrons. The van der Waals surface area contributed by atoms with E-state index < -0.39 is 26.9 Å². The standard InChI is InChI=1S/C41H66N10O4S/c1-11-13-15-17-19-20-22-24-42-26(3)36-43-45-38-30(34(40(5,6)7)47-50(36)38)28-32(52)29(33(28)53)31-35(41(8,9)10)48-51-37(44-46-39(31)51)27(4)49-56(54,55)25-23-21-18-16-14-12-2/h26-27,42,48-49,52H,11-25H2,1-10H3. The number of hydrogen-bond donors (Lipinski definition) is 4. The average molecular weight is 795 g/mol. The largest absolute Gasteiger partial charge is 0.506 e. The molecule has 4 aromatic heterocycles. The monoisotopic (exact) mass is 794 g/mol. The Labute approximate surface area is 332 Å². The molecule has 1 aliphatic carbocycles. The third-order valence-corrected chi connectivity index (χ3v) is 12.3. The Morgan fingerprint density at radius 3 is 1.89 bits per heavy atom. The Kier molecular flexibility index (Phi) is 13.8. The molecule has 0 saturated heterocycles. The number of rotatable bonds is 21. The molecule has 1 aliphatic rings. The first kappa shape index (κ1) is 43.4. The van der Waals surface area contributed by atoms with Crippen LogP contribution in [0.25, 0.3) is 22.4 Å². The number of aliphatic hydroxyl groups excluding tert-OH is 1. The van der Waals surface area contributed by atoms with Crippen LogP contribution < -0.4 is 15.3 Å². The van der Waals surface area contributed by atoms with E-state index >= 15 is 0 Å². The summed E-state index contributed by atoms with van der Waals surface area (Å²) in [5.74, 6) is 0.495. The zero-order valence-electron chi connectivity index (χ0n) is 35.5. The number of nitrogens with one attached hydrogen (secondary N) is 3. The second kappa shape index (κ2) is 17.8. The van der Waals surface area contributed by atoms with E-state index in [1.165, 1.54) is 38.5 Å². The van der Waals surface area contributed by atoms with Crippen LogP contribution in [-0.4, -0.2) is 71.2 Å². The van der Waals surface area contributed by atoms with Gasteiger partial charge >= 0.3 is 0 Å². The van der Waals surface area contributed by atoms with Gasteiger partial charge in [-0.25, -0.2) is 17.7 Å². The summed E-state index contributed by atoms with van der Waals surface area (Å²) in [4.78, 5) is 14.4. The second-order valence-corrected chi connectivity index (χ2v) is 19.6. The molecule has 14 nitrogen and oxygen atoms in total. The van der Waals surface area contributed by atoms with E-state index in [1.54, 1.807) is 16.0 Å².